The largest absolute Gasteiger partial charge is 0.497 e. The molecule has 1 aliphatic heterocycles. The van der Waals surface area contributed by atoms with E-state index in [4.69, 9.17) is 4.74 Å². The van der Waals surface area contributed by atoms with Gasteiger partial charge in [-0.2, -0.15) is 17.0 Å². The minimum atomic E-state index is -3.35. The van der Waals surface area contributed by atoms with Crippen molar-refractivity contribution in [1.29, 1.82) is 0 Å². The first-order chi connectivity index (χ1) is 10.9. The van der Waals surface area contributed by atoms with Crippen molar-refractivity contribution in [2.45, 2.75) is 38.1 Å². The smallest absolute Gasteiger partial charge is 0.281 e. The molecule has 1 heterocycles. The van der Waals surface area contributed by atoms with Gasteiger partial charge in [-0.3, -0.25) is 0 Å². The molecule has 3 rings (SSSR count). The van der Waals surface area contributed by atoms with Gasteiger partial charge in [0.05, 0.1) is 7.11 Å². The molecule has 0 spiro atoms. The molecule has 128 valence electrons. The molecule has 1 saturated heterocycles. The molecule has 2 fully saturated rings. The number of ether oxygens (including phenoxy) is 1. The zero-order valence-electron chi connectivity index (χ0n) is 14.1. The van der Waals surface area contributed by atoms with Crippen LogP contribution in [0.1, 0.15) is 37.7 Å². The van der Waals surface area contributed by atoms with E-state index in [1.54, 1.807) is 22.8 Å². The highest BCUT2D eigenvalue weighted by Crippen LogP contribution is 2.37. The molecule has 2 aliphatic rings. The Morgan fingerprint density at radius 3 is 2.43 bits per heavy atom. The van der Waals surface area contributed by atoms with Crippen LogP contribution in [0.5, 0.6) is 5.75 Å². The van der Waals surface area contributed by atoms with Crippen molar-refractivity contribution in [1.82, 2.24) is 8.61 Å². The maximum atomic E-state index is 12.8. The number of benzene rings is 1. The summed E-state index contributed by atoms with van der Waals surface area (Å²) in [7, 11) is 0.0151. The second kappa shape index (κ2) is 6.42. The number of hydrogen-bond donors (Lipinski definition) is 0. The summed E-state index contributed by atoms with van der Waals surface area (Å²) < 4.78 is 34.0. The maximum Gasteiger partial charge on any atom is 0.281 e. The van der Waals surface area contributed by atoms with Crippen molar-refractivity contribution < 1.29 is 13.2 Å². The van der Waals surface area contributed by atoms with Gasteiger partial charge in [0.15, 0.2) is 0 Å². The van der Waals surface area contributed by atoms with Crippen LogP contribution >= 0.6 is 0 Å². The van der Waals surface area contributed by atoms with Gasteiger partial charge in [-0.25, -0.2) is 0 Å². The second-order valence-corrected chi connectivity index (χ2v) is 8.71. The minimum Gasteiger partial charge on any atom is -0.497 e. The zero-order valence-corrected chi connectivity index (χ0v) is 14.9. The molecule has 0 aromatic heterocycles. The molecular formula is C17H26N2O3S. The first-order valence-electron chi connectivity index (χ1n) is 8.30. The molecule has 1 aromatic carbocycles. The fourth-order valence-corrected chi connectivity index (χ4v) is 5.01. The van der Waals surface area contributed by atoms with Gasteiger partial charge in [-0.05, 0) is 55.7 Å². The third-order valence-electron chi connectivity index (χ3n) is 5.31. The molecular weight excluding hydrogens is 312 g/mol. The summed E-state index contributed by atoms with van der Waals surface area (Å²) in [5.41, 5.74) is 1.18. The van der Waals surface area contributed by atoms with Crippen LogP contribution in [0.4, 0.5) is 0 Å². The first-order valence-corrected chi connectivity index (χ1v) is 9.70. The number of methoxy groups -OCH3 is 1. The zero-order chi connectivity index (χ0) is 16.6. The summed E-state index contributed by atoms with van der Waals surface area (Å²) in [5.74, 6) is 1.63. The van der Waals surface area contributed by atoms with Crippen LogP contribution < -0.4 is 4.74 Å². The monoisotopic (exact) mass is 338 g/mol. The number of hydrogen-bond acceptors (Lipinski definition) is 3. The number of nitrogens with zero attached hydrogens (tertiary/aromatic N) is 2. The van der Waals surface area contributed by atoms with E-state index in [-0.39, 0.29) is 12.0 Å². The highest BCUT2D eigenvalue weighted by Gasteiger charge is 2.40. The quantitative estimate of drug-likeness (QED) is 0.800. The Morgan fingerprint density at radius 1 is 1.22 bits per heavy atom. The van der Waals surface area contributed by atoms with Crippen LogP contribution in [0, 0.1) is 5.92 Å². The summed E-state index contributed by atoms with van der Waals surface area (Å²) in [6.45, 7) is 3.18. The SMILES string of the molecule is COc1ccc(C2CCN(S(=O)(=O)N(C)C(C)C3CC3)C2)cc1. The van der Waals surface area contributed by atoms with E-state index in [1.165, 1.54) is 5.56 Å². The van der Waals surface area contributed by atoms with E-state index in [1.807, 2.05) is 31.2 Å². The maximum absolute atomic E-state index is 12.8. The third-order valence-corrected chi connectivity index (χ3v) is 7.35. The molecule has 0 amide bonds. The van der Waals surface area contributed by atoms with E-state index in [0.717, 1.165) is 25.0 Å². The van der Waals surface area contributed by atoms with Crippen LogP contribution in [-0.2, 0) is 10.2 Å². The molecule has 1 aromatic rings. The van der Waals surface area contributed by atoms with Crippen molar-refractivity contribution in [2.24, 2.45) is 5.92 Å². The molecule has 23 heavy (non-hydrogen) atoms. The number of rotatable bonds is 6. The second-order valence-electron chi connectivity index (χ2n) is 6.72. The van der Waals surface area contributed by atoms with Crippen LogP contribution in [0.15, 0.2) is 24.3 Å². The Balaban J connectivity index is 1.68. The van der Waals surface area contributed by atoms with Gasteiger partial charge in [0, 0.05) is 26.2 Å². The molecule has 1 aliphatic carbocycles. The Labute approximate surface area is 139 Å². The first kappa shape index (κ1) is 16.7. The third kappa shape index (κ3) is 3.39. The highest BCUT2D eigenvalue weighted by atomic mass is 32.2. The average Bonchev–Trinajstić information content (AvgIpc) is 3.29. The van der Waals surface area contributed by atoms with E-state index < -0.39 is 10.2 Å². The van der Waals surface area contributed by atoms with Crippen LogP contribution in [0.2, 0.25) is 0 Å². The van der Waals surface area contributed by atoms with Gasteiger partial charge < -0.3 is 4.74 Å². The van der Waals surface area contributed by atoms with Crippen molar-refractivity contribution in [3.63, 3.8) is 0 Å². The lowest BCUT2D eigenvalue weighted by Crippen LogP contribution is -2.45. The Bertz CT molecular complexity index is 640. The van der Waals surface area contributed by atoms with Crippen LogP contribution in [-0.4, -0.2) is 50.3 Å². The Hall–Kier alpha value is -1.11. The summed E-state index contributed by atoms with van der Waals surface area (Å²) in [5, 5.41) is 0. The molecule has 1 saturated carbocycles. The molecule has 2 unspecified atom stereocenters. The van der Waals surface area contributed by atoms with Crippen LogP contribution in [0.3, 0.4) is 0 Å². The fraction of sp³-hybridized carbons (Fsp3) is 0.647. The normalized spacial score (nSPS) is 24.1. The van der Waals surface area contributed by atoms with Crippen LogP contribution in [0.25, 0.3) is 0 Å². The molecule has 0 N–H and O–H groups in total. The lowest BCUT2D eigenvalue weighted by atomic mass is 9.99. The molecule has 6 heteroatoms. The molecule has 0 radical (unpaired) electrons. The van der Waals surface area contributed by atoms with Crippen molar-refractivity contribution in [3.8, 4) is 5.75 Å². The lowest BCUT2D eigenvalue weighted by Gasteiger charge is -2.29. The highest BCUT2D eigenvalue weighted by molar-refractivity contribution is 7.86. The van der Waals surface area contributed by atoms with E-state index in [2.05, 4.69) is 0 Å². The van der Waals surface area contributed by atoms with Gasteiger partial charge in [-0.15, -0.1) is 0 Å². The van der Waals surface area contributed by atoms with E-state index >= 15 is 0 Å². The summed E-state index contributed by atoms with van der Waals surface area (Å²) >= 11 is 0. The predicted molar refractivity (Wildman–Crippen MR) is 90.8 cm³/mol. The summed E-state index contributed by atoms with van der Waals surface area (Å²) in [6.07, 6.45) is 3.17. The topological polar surface area (TPSA) is 49.9 Å². The van der Waals surface area contributed by atoms with Crippen molar-refractivity contribution in [2.75, 3.05) is 27.2 Å². The Morgan fingerprint density at radius 2 is 1.87 bits per heavy atom. The predicted octanol–water partition coefficient (Wildman–Crippen LogP) is 2.46. The standard InChI is InChI=1S/C17H26N2O3S/c1-13(14-4-5-14)18(2)23(20,21)19-11-10-16(12-19)15-6-8-17(22-3)9-7-15/h6-9,13-14,16H,4-5,10-12H2,1-3H3. The van der Waals surface area contributed by atoms with Crippen molar-refractivity contribution >= 4 is 10.2 Å². The Kier molecular flexibility index (Phi) is 4.67. The minimum absolute atomic E-state index is 0.0973. The molecule has 2 atom stereocenters. The lowest BCUT2D eigenvalue weighted by molar-refractivity contribution is 0.322. The summed E-state index contributed by atoms with van der Waals surface area (Å²) in [6, 6.07) is 8.05. The molecule has 5 nitrogen and oxygen atoms in total. The van der Waals surface area contributed by atoms with Gasteiger partial charge in [-0.1, -0.05) is 12.1 Å². The van der Waals surface area contributed by atoms with E-state index in [0.29, 0.717) is 19.0 Å². The average molecular weight is 338 g/mol. The molecule has 0 bridgehead atoms. The van der Waals surface area contributed by atoms with Gasteiger partial charge in [0.25, 0.3) is 10.2 Å². The summed E-state index contributed by atoms with van der Waals surface area (Å²) in [4.78, 5) is 0. The van der Waals surface area contributed by atoms with Gasteiger partial charge >= 0.3 is 0 Å². The fourth-order valence-electron chi connectivity index (χ4n) is 3.35. The van der Waals surface area contributed by atoms with Crippen molar-refractivity contribution in [3.05, 3.63) is 29.8 Å². The van der Waals surface area contributed by atoms with Gasteiger partial charge in [0.1, 0.15) is 5.75 Å². The van der Waals surface area contributed by atoms with Gasteiger partial charge in [0.2, 0.25) is 0 Å². The van der Waals surface area contributed by atoms with E-state index in [9.17, 15) is 8.42 Å².